The number of rotatable bonds is 4. The summed E-state index contributed by atoms with van der Waals surface area (Å²) in [6.45, 7) is 0. The topological polar surface area (TPSA) is 52.0 Å². The summed E-state index contributed by atoms with van der Waals surface area (Å²) in [6, 6.07) is 100.0. The molecule has 0 fully saturated rings. The Morgan fingerprint density at radius 3 is 0.800 bits per heavy atom. The molecule has 3 nitrogen and oxygen atoms in total. The van der Waals surface area contributed by atoms with Crippen LogP contribution in [0.2, 0.25) is 0 Å². The van der Waals surface area contributed by atoms with Crippen LogP contribution in [0.15, 0.2) is 249 Å². The summed E-state index contributed by atoms with van der Waals surface area (Å²) in [6.07, 6.45) is 0. The second-order valence-electron chi connectivity index (χ2n) is 21.0. The first kappa shape index (κ1) is 41.5. The van der Waals surface area contributed by atoms with E-state index in [1.165, 1.54) is 110 Å². The summed E-state index contributed by atoms with van der Waals surface area (Å²) in [5.74, 6) is 0. The maximum absolute atomic E-state index is 12.1. The largest absolute Gasteiger partial charge is 0.308 e. The lowest BCUT2D eigenvalue weighted by Crippen LogP contribution is -3.01. The number of aromatic nitrogens is 1. The molecule has 19 rings (SSSR count). The van der Waals surface area contributed by atoms with Gasteiger partial charge in [0.25, 0.3) is 0 Å². The molecule has 0 unspecified atom stereocenters. The number of hydrogen-bond donors (Lipinski definition) is 0. The number of nitrogens with zero attached hydrogens (tertiary/aromatic N) is 3. The Hall–Kier alpha value is -8.93. The van der Waals surface area contributed by atoms with Crippen molar-refractivity contribution < 1.29 is 0 Å². The molecule has 4 bridgehead atoms. The average molecular weight is 1010 g/mol. The molecule has 7 heteroatoms. The number of fused-ring (bicyclic) bond motifs is 6. The summed E-state index contributed by atoms with van der Waals surface area (Å²) < 4.78 is 2.52. The maximum Gasteiger partial charge on any atom is 0.180 e. The molecule has 0 aliphatic carbocycles. The van der Waals surface area contributed by atoms with Gasteiger partial charge in [0.05, 0.1) is 39.8 Å². The molecule has 75 heavy (non-hydrogen) atoms. The minimum absolute atomic E-state index is 0.754. The van der Waals surface area contributed by atoms with Gasteiger partial charge < -0.3 is 4.40 Å². The van der Waals surface area contributed by atoms with Gasteiger partial charge in [-0.15, -0.1) is 0 Å². The standard InChI is InChI=1S/C68H41N3Si4/c69-42-44-40-52-62(67-65(44)72(46-22-5-1-6-23-46)54-32-13-17-36-58(54)74(67,48-26-9-3-10-27-48)59-37-18-14-33-55(59)72)50-30-21-31-51-63-53(71(52)64(50)51)41-45(43-70)66-68(63)75(49-28-11-4-12-29-49)60-38-19-15-34-56(60)73(66,47-24-7-2-8-25-47)57-35-16-20-39-61(57)75/h1-41H. The SMILES string of the molecule is N#Cc1cc2c(c3c1[Si]1(c4ccccc4)c4ccccc4[Si]3(c3ccccc3)c3ccccc31)c1cccc3c4c5c(c(C#N)cc4n2c13)[Si]1(c2ccccc2)c2ccccc2[Si]5(c2ccccc2)c2ccccc21. The van der Waals surface area contributed by atoms with Gasteiger partial charge in [-0.1, -0.05) is 237 Å². The van der Waals surface area contributed by atoms with Crippen molar-refractivity contribution >= 4 is 153 Å². The number of nitriles is 2. The molecule has 0 N–H and O–H groups in total. The second-order valence-corrected chi connectivity index (χ2v) is 35.7. The first-order valence-electron chi connectivity index (χ1n) is 26.0. The van der Waals surface area contributed by atoms with Crippen molar-refractivity contribution in [3.8, 4) is 12.1 Å². The highest BCUT2D eigenvalue weighted by atomic mass is 28.3. The van der Waals surface area contributed by atoms with E-state index in [4.69, 9.17) is 0 Å². The van der Waals surface area contributed by atoms with Gasteiger partial charge in [-0.2, -0.15) is 10.5 Å². The van der Waals surface area contributed by atoms with E-state index in [9.17, 15) is 10.5 Å². The Kier molecular flexibility index (Phi) is 7.99. The molecule has 11 aromatic carbocycles. The summed E-state index contributed by atoms with van der Waals surface area (Å²) in [4.78, 5) is 0. The van der Waals surface area contributed by atoms with E-state index in [0.717, 1.165) is 22.2 Å². The fourth-order valence-electron chi connectivity index (χ4n) is 16.3. The van der Waals surface area contributed by atoms with Crippen LogP contribution in [0.25, 0.3) is 38.1 Å². The quantitative estimate of drug-likeness (QED) is 0.255. The second kappa shape index (κ2) is 14.4. The van der Waals surface area contributed by atoms with Gasteiger partial charge >= 0.3 is 0 Å². The van der Waals surface area contributed by atoms with Gasteiger partial charge in [0.2, 0.25) is 0 Å². The van der Waals surface area contributed by atoms with Crippen molar-refractivity contribution in [1.29, 1.82) is 10.5 Å². The van der Waals surface area contributed by atoms with Crippen molar-refractivity contribution in [3.63, 3.8) is 0 Å². The number of hydrogen-bond acceptors (Lipinski definition) is 2. The fraction of sp³-hybridized carbons (Fsp3) is 0. The smallest absolute Gasteiger partial charge is 0.180 e. The summed E-state index contributed by atoms with van der Waals surface area (Å²) in [7, 11) is -12.8. The third-order valence-corrected chi connectivity index (χ3v) is 39.7. The molecule has 6 aliphatic heterocycles. The molecule has 0 saturated carbocycles. The van der Waals surface area contributed by atoms with Gasteiger partial charge in [0, 0.05) is 21.5 Å². The molecular weight excluding hydrogens is 971 g/mol. The zero-order chi connectivity index (χ0) is 49.4. The molecule has 344 valence electrons. The van der Waals surface area contributed by atoms with Crippen LogP contribution in [0.5, 0.6) is 0 Å². The van der Waals surface area contributed by atoms with Gasteiger partial charge in [0.1, 0.15) is 0 Å². The predicted octanol–water partition coefficient (Wildman–Crippen LogP) is 3.34. The highest BCUT2D eigenvalue weighted by Crippen LogP contribution is 2.42. The summed E-state index contributed by atoms with van der Waals surface area (Å²) in [5.41, 5.74) is 4.77. The minimum atomic E-state index is -3.21. The summed E-state index contributed by atoms with van der Waals surface area (Å²) in [5, 5.41) is 50.9. The lowest BCUT2D eigenvalue weighted by atomic mass is 10.1. The molecule has 0 spiro atoms. The molecule has 8 heterocycles. The van der Waals surface area contributed by atoms with Crippen LogP contribution >= 0.6 is 0 Å². The van der Waals surface area contributed by atoms with Crippen molar-refractivity contribution in [2.24, 2.45) is 0 Å². The minimum Gasteiger partial charge on any atom is -0.308 e. The van der Waals surface area contributed by atoms with Gasteiger partial charge in [-0.05, 0) is 95.1 Å². The average Bonchev–Trinajstić information content (AvgIpc) is 4.19. The van der Waals surface area contributed by atoms with Crippen LogP contribution in [0, 0.1) is 22.7 Å². The van der Waals surface area contributed by atoms with Gasteiger partial charge in [0.15, 0.2) is 32.3 Å². The van der Waals surface area contributed by atoms with E-state index >= 15 is 0 Å². The maximum atomic E-state index is 12.1. The Balaban J connectivity index is 1.13. The van der Waals surface area contributed by atoms with Crippen LogP contribution in [-0.2, 0) is 0 Å². The predicted molar refractivity (Wildman–Crippen MR) is 319 cm³/mol. The van der Waals surface area contributed by atoms with Crippen LogP contribution in [0.3, 0.4) is 0 Å². The molecule has 0 amide bonds. The van der Waals surface area contributed by atoms with Crippen LogP contribution in [-0.4, -0.2) is 36.7 Å². The Bertz CT molecular complexity index is 4360. The number of benzene rings is 11. The molecular formula is C68H41N3Si4. The van der Waals surface area contributed by atoms with E-state index in [1.54, 1.807) is 0 Å². The Morgan fingerprint density at radius 1 is 0.280 bits per heavy atom. The van der Waals surface area contributed by atoms with Crippen molar-refractivity contribution in [2.75, 3.05) is 0 Å². The molecule has 0 radical (unpaired) electrons. The Morgan fingerprint density at radius 2 is 0.533 bits per heavy atom. The van der Waals surface area contributed by atoms with Gasteiger partial charge in [-0.3, -0.25) is 0 Å². The zero-order valence-corrected chi connectivity index (χ0v) is 44.5. The third-order valence-electron chi connectivity index (χ3n) is 18.4. The first-order valence-corrected chi connectivity index (χ1v) is 34.0. The van der Waals surface area contributed by atoms with Gasteiger partial charge in [-0.25, -0.2) is 0 Å². The van der Waals surface area contributed by atoms with E-state index < -0.39 is 32.3 Å². The van der Waals surface area contributed by atoms with Crippen LogP contribution in [0.1, 0.15) is 11.1 Å². The van der Waals surface area contributed by atoms with E-state index in [0.29, 0.717) is 0 Å². The normalized spacial score (nSPS) is 21.0. The number of para-hydroxylation sites is 1. The van der Waals surface area contributed by atoms with Crippen molar-refractivity contribution in [2.45, 2.75) is 0 Å². The van der Waals surface area contributed by atoms with E-state index in [-0.39, 0.29) is 0 Å². The van der Waals surface area contributed by atoms with Crippen LogP contribution < -0.4 is 83.0 Å². The summed E-state index contributed by atoms with van der Waals surface area (Å²) >= 11 is 0. The van der Waals surface area contributed by atoms with E-state index in [1.807, 2.05) is 0 Å². The zero-order valence-electron chi connectivity index (χ0n) is 40.5. The highest BCUT2D eigenvalue weighted by Gasteiger charge is 2.66. The lowest BCUT2D eigenvalue weighted by molar-refractivity contribution is 1.36. The fourth-order valence-corrected chi connectivity index (χ4v) is 43.8. The molecule has 0 saturated heterocycles. The van der Waals surface area contributed by atoms with Crippen molar-refractivity contribution in [3.05, 3.63) is 260 Å². The van der Waals surface area contributed by atoms with Crippen LogP contribution in [0.4, 0.5) is 0 Å². The molecule has 13 aromatic rings. The Labute approximate surface area is 437 Å². The first-order chi connectivity index (χ1) is 37.2. The molecule has 2 aromatic heterocycles. The van der Waals surface area contributed by atoms with E-state index in [2.05, 4.69) is 265 Å². The molecule has 6 aliphatic rings. The molecule has 0 atom stereocenters. The highest BCUT2D eigenvalue weighted by molar-refractivity contribution is 7.40. The monoisotopic (exact) mass is 1010 g/mol. The third kappa shape index (κ3) is 4.45. The lowest BCUT2D eigenvalue weighted by Gasteiger charge is -2.55. The van der Waals surface area contributed by atoms with Crippen molar-refractivity contribution in [1.82, 2.24) is 4.40 Å².